The number of hydrogen-bond acceptors (Lipinski definition) is 5. The molecule has 1 N–H and O–H groups in total. The predicted octanol–water partition coefficient (Wildman–Crippen LogP) is 5.68. The van der Waals surface area contributed by atoms with Crippen LogP contribution in [0.3, 0.4) is 0 Å². The van der Waals surface area contributed by atoms with E-state index >= 15 is 0 Å². The summed E-state index contributed by atoms with van der Waals surface area (Å²) in [6.45, 7) is 9.59. The number of aliphatic hydroxyl groups excluding tert-OH is 1. The fraction of sp³-hybridized carbons (Fsp3) is 0.679. The summed E-state index contributed by atoms with van der Waals surface area (Å²) in [7, 11) is 0. The van der Waals surface area contributed by atoms with Gasteiger partial charge in [-0.3, -0.25) is 14.6 Å². The van der Waals surface area contributed by atoms with Crippen LogP contribution in [-0.4, -0.2) is 34.1 Å². The molecule has 3 rings (SSSR count). The zero-order valence-corrected chi connectivity index (χ0v) is 21.0. The average Bonchev–Trinajstić information content (AvgIpc) is 3.52. The number of fused-ring (bicyclic) bond motifs is 1. The van der Waals surface area contributed by atoms with E-state index in [0.29, 0.717) is 24.7 Å². The van der Waals surface area contributed by atoms with Gasteiger partial charge in [0.15, 0.2) is 0 Å². The van der Waals surface area contributed by atoms with E-state index in [1.54, 1.807) is 0 Å². The topological polar surface area (TPSA) is 76.5 Å². The third kappa shape index (κ3) is 7.23. The molecule has 2 heterocycles. The number of ketones is 1. The van der Waals surface area contributed by atoms with Crippen LogP contribution in [0.15, 0.2) is 23.9 Å². The van der Waals surface area contributed by atoms with Gasteiger partial charge in [-0.15, -0.1) is 0 Å². The number of carbonyl (C=O) groups is 2. The molecule has 1 aromatic rings. The number of Topliss-reactive ketones (excluding diaryl/α,β-unsaturated/α-hetero) is 1. The molecule has 2 aliphatic rings. The second-order valence-corrected chi connectivity index (χ2v) is 11.0. The first-order chi connectivity index (χ1) is 15.6. The quantitative estimate of drug-likeness (QED) is 0.581. The molecule has 2 fully saturated rings. The number of carbonyl (C=O) groups excluding carboxylic acids is 2. The number of aliphatic hydroxyl groups is 1. The number of esters is 1. The fourth-order valence-corrected chi connectivity index (χ4v) is 5.00. The molecule has 0 bridgehead atoms. The monoisotopic (exact) mass is 455 g/mol. The van der Waals surface area contributed by atoms with E-state index in [1.165, 1.54) is 6.42 Å². The summed E-state index contributed by atoms with van der Waals surface area (Å²) in [6, 6.07) is 4.02. The van der Waals surface area contributed by atoms with Crippen LogP contribution in [0.4, 0.5) is 0 Å². The summed E-state index contributed by atoms with van der Waals surface area (Å²) >= 11 is 0. The van der Waals surface area contributed by atoms with Crippen LogP contribution in [0.2, 0.25) is 0 Å². The van der Waals surface area contributed by atoms with Gasteiger partial charge in [0.25, 0.3) is 0 Å². The van der Waals surface area contributed by atoms with Gasteiger partial charge in [0.1, 0.15) is 11.9 Å². The van der Waals surface area contributed by atoms with Crippen molar-refractivity contribution in [2.24, 2.45) is 23.2 Å². The highest BCUT2D eigenvalue weighted by Gasteiger charge is 2.40. The van der Waals surface area contributed by atoms with Crippen molar-refractivity contribution in [2.45, 2.75) is 98.2 Å². The molecule has 0 radical (unpaired) electrons. The maximum Gasteiger partial charge on any atom is 0.306 e. The standard InChI is InChI=1S/C28H41NO4/c1-18-10-11-23(29-17-18)14-19(2)25-16-22-15-21(22)8-6-7-9-24(30)20(3)27(32)28(4,5)13-12-26(31)33-25/h10-11,14,17,20-22,24-25,30H,6-9,12-13,15-16H2,1-5H3/b19-14+/t20-,21?,22?,24?,25?/m1/s1. The lowest BCUT2D eigenvalue weighted by Gasteiger charge is -2.29. The Hall–Kier alpha value is -2.01. The minimum absolute atomic E-state index is 0.0234. The summed E-state index contributed by atoms with van der Waals surface area (Å²) in [5.41, 5.74) is 2.32. The van der Waals surface area contributed by atoms with E-state index in [-0.39, 0.29) is 24.3 Å². The summed E-state index contributed by atoms with van der Waals surface area (Å²) in [5.74, 6) is 0.585. The van der Waals surface area contributed by atoms with Gasteiger partial charge in [-0.05, 0) is 74.6 Å². The Balaban J connectivity index is 1.75. The summed E-state index contributed by atoms with van der Waals surface area (Å²) in [4.78, 5) is 30.3. The minimum atomic E-state index is -0.676. The van der Waals surface area contributed by atoms with E-state index in [2.05, 4.69) is 4.98 Å². The Morgan fingerprint density at radius 3 is 2.58 bits per heavy atom. The van der Waals surface area contributed by atoms with Crippen LogP contribution in [0.1, 0.15) is 90.3 Å². The molecule has 5 nitrogen and oxygen atoms in total. The van der Waals surface area contributed by atoms with Gasteiger partial charge < -0.3 is 9.84 Å². The Bertz CT molecular complexity index is 857. The molecule has 1 aliphatic heterocycles. The van der Waals surface area contributed by atoms with Crippen LogP contribution in [0.25, 0.3) is 6.08 Å². The van der Waals surface area contributed by atoms with Crippen LogP contribution in [-0.2, 0) is 14.3 Å². The molecule has 5 heteroatoms. The number of pyridine rings is 1. The first-order valence-corrected chi connectivity index (χ1v) is 12.6. The van der Waals surface area contributed by atoms with Gasteiger partial charge in [-0.1, -0.05) is 46.1 Å². The molecular formula is C28H41NO4. The number of ether oxygens (including phenoxy) is 1. The highest BCUT2D eigenvalue weighted by Crippen LogP contribution is 2.47. The van der Waals surface area contributed by atoms with Crippen LogP contribution in [0.5, 0.6) is 0 Å². The van der Waals surface area contributed by atoms with E-state index in [0.717, 1.165) is 42.5 Å². The molecule has 0 amide bonds. The van der Waals surface area contributed by atoms with Crippen molar-refractivity contribution in [3.8, 4) is 0 Å². The number of aromatic nitrogens is 1. The lowest BCUT2D eigenvalue weighted by molar-refractivity contribution is -0.149. The van der Waals surface area contributed by atoms with Crippen LogP contribution >= 0.6 is 0 Å². The molecule has 4 unspecified atom stereocenters. The van der Waals surface area contributed by atoms with Gasteiger partial charge in [-0.2, -0.15) is 0 Å². The van der Waals surface area contributed by atoms with Gasteiger partial charge in [0.05, 0.1) is 11.8 Å². The van der Waals surface area contributed by atoms with Crippen molar-refractivity contribution in [1.82, 2.24) is 4.98 Å². The summed E-state index contributed by atoms with van der Waals surface area (Å²) in [6.07, 6.45) is 9.43. The number of hydrogen-bond donors (Lipinski definition) is 1. The third-order valence-corrected chi connectivity index (χ3v) is 7.61. The first kappa shape index (κ1) is 25.6. The van der Waals surface area contributed by atoms with Crippen LogP contribution < -0.4 is 0 Å². The molecule has 1 aromatic heterocycles. The first-order valence-electron chi connectivity index (χ1n) is 12.6. The number of aryl methyl sites for hydroxylation is 1. The van der Waals surface area contributed by atoms with E-state index < -0.39 is 17.4 Å². The largest absolute Gasteiger partial charge is 0.458 e. The Morgan fingerprint density at radius 1 is 1.15 bits per heavy atom. The zero-order valence-electron chi connectivity index (χ0n) is 21.0. The highest BCUT2D eigenvalue weighted by molar-refractivity contribution is 5.87. The summed E-state index contributed by atoms with van der Waals surface area (Å²) in [5, 5.41) is 10.5. The van der Waals surface area contributed by atoms with Gasteiger partial charge in [0.2, 0.25) is 0 Å². The number of cyclic esters (lactones) is 1. The lowest BCUT2D eigenvalue weighted by atomic mass is 9.76. The minimum Gasteiger partial charge on any atom is -0.458 e. The van der Waals surface area contributed by atoms with E-state index in [1.807, 2.05) is 59.0 Å². The average molecular weight is 456 g/mol. The van der Waals surface area contributed by atoms with Crippen molar-refractivity contribution in [2.75, 3.05) is 0 Å². The maximum absolute atomic E-state index is 13.0. The van der Waals surface area contributed by atoms with Crippen molar-refractivity contribution in [3.63, 3.8) is 0 Å². The second-order valence-electron chi connectivity index (χ2n) is 11.0. The second kappa shape index (κ2) is 10.9. The van der Waals surface area contributed by atoms with Gasteiger partial charge >= 0.3 is 5.97 Å². The van der Waals surface area contributed by atoms with Gasteiger partial charge in [-0.25, -0.2) is 0 Å². The molecule has 1 saturated heterocycles. The molecule has 1 aliphatic carbocycles. The zero-order chi connectivity index (χ0) is 24.2. The van der Waals surface area contributed by atoms with Crippen molar-refractivity contribution >= 4 is 17.8 Å². The molecule has 5 atom stereocenters. The lowest BCUT2D eigenvalue weighted by Crippen LogP contribution is -2.36. The van der Waals surface area contributed by atoms with E-state index in [4.69, 9.17) is 4.74 Å². The predicted molar refractivity (Wildman–Crippen MR) is 130 cm³/mol. The molecule has 0 aromatic carbocycles. The molecule has 1 saturated carbocycles. The normalized spacial score (nSPS) is 32.1. The van der Waals surface area contributed by atoms with Crippen LogP contribution in [0, 0.1) is 30.1 Å². The molecule has 0 spiro atoms. The van der Waals surface area contributed by atoms with E-state index in [9.17, 15) is 14.7 Å². The fourth-order valence-electron chi connectivity index (χ4n) is 5.00. The van der Waals surface area contributed by atoms with Crippen molar-refractivity contribution < 1.29 is 19.4 Å². The van der Waals surface area contributed by atoms with Gasteiger partial charge in [0, 0.05) is 24.0 Å². The Labute approximate surface area is 199 Å². The molecule has 33 heavy (non-hydrogen) atoms. The van der Waals surface area contributed by atoms with Crippen molar-refractivity contribution in [3.05, 3.63) is 35.2 Å². The summed E-state index contributed by atoms with van der Waals surface area (Å²) < 4.78 is 5.99. The molecule has 182 valence electrons. The number of rotatable bonds is 2. The van der Waals surface area contributed by atoms with Crippen molar-refractivity contribution in [1.29, 1.82) is 0 Å². The smallest absolute Gasteiger partial charge is 0.306 e. The maximum atomic E-state index is 13.0. The Morgan fingerprint density at radius 2 is 1.88 bits per heavy atom. The SMILES string of the molecule is C/C(=C\c1ccc(C)cn1)C1CC2CC2CCCCC(O)[C@@H](C)C(=O)C(C)(C)CCC(=O)O1. The highest BCUT2D eigenvalue weighted by atomic mass is 16.5. The Kier molecular flexibility index (Phi) is 8.49. The molecular weight excluding hydrogens is 414 g/mol. The number of nitrogens with zero attached hydrogens (tertiary/aromatic N) is 1. The third-order valence-electron chi connectivity index (χ3n) is 7.61.